The molecule has 1 rings (SSSR count). The highest BCUT2D eigenvalue weighted by Crippen LogP contribution is 2.17. The third kappa shape index (κ3) is 2.19. The average molecular weight is 175 g/mol. The summed E-state index contributed by atoms with van der Waals surface area (Å²) in [6.45, 7) is 4.96. The van der Waals surface area contributed by atoms with Crippen molar-refractivity contribution in [1.29, 1.82) is 0 Å². The Balaban J connectivity index is 2.27. The van der Waals surface area contributed by atoms with E-state index in [0.29, 0.717) is 6.04 Å². The molecule has 0 amide bonds. The molecule has 2 N–H and O–H groups in total. The highest BCUT2D eigenvalue weighted by Gasteiger charge is 2.25. The predicted molar refractivity (Wildman–Crippen MR) is 48.6 cm³/mol. The zero-order valence-corrected chi connectivity index (χ0v) is 7.64. The van der Waals surface area contributed by atoms with Gasteiger partial charge in [-0.2, -0.15) is 0 Å². The second-order valence-electron chi connectivity index (χ2n) is 3.10. The summed E-state index contributed by atoms with van der Waals surface area (Å²) in [6, 6.07) is 0.599. The van der Waals surface area contributed by atoms with E-state index in [0.717, 1.165) is 13.1 Å². The number of halogens is 1. The van der Waals surface area contributed by atoms with Gasteiger partial charge < -0.3 is 5.73 Å². The van der Waals surface area contributed by atoms with E-state index < -0.39 is 0 Å². The highest BCUT2D eigenvalue weighted by molar-refractivity contribution is 6.25. The zero-order valence-electron chi connectivity index (χ0n) is 6.89. The first-order valence-corrected chi connectivity index (χ1v) is 4.41. The molecule has 3 heteroatoms. The van der Waals surface area contributed by atoms with Crippen LogP contribution in [0.3, 0.4) is 0 Å². The van der Waals surface area contributed by atoms with Gasteiger partial charge in [-0.05, 0) is 18.9 Å². The minimum Gasteiger partial charge on any atom is -0.329 e. The molecule has 1 saturated heterocycles. The lowest BCUT2D eigenvalue weighted by molar-refractivity contribution is 0.110. The van der Waals surface area contributed by atoms with Crippen LogP contribution in [0.1, 0.15) is 13.3 Å². The van der Waals surface area contributed by atoms with Gasteiger partial charge in [0, 0.05) is 31.2 Å². The van der Waals surface area contributed by atoms with Crippen LogP contribution in [0.2, 0.25) is 0 Å². The van der Waals surface area contributed by atoms with Gasteiger partial charge in [-0.1, -0.05) is 11.6 Å². The van der Waals surface area contributed by atoms with Gasteiger partial charge in [0.2, 0.25) is 0 Å². The number of hydrogen-bond donors (Lipinski definition) is 1. The fourth-order valence-electron chi connectivity index (χ4n) is 1.32. The molecule has 1 aliphatic rings. The molecule has 0 aromatic rings. The predicted octanol–water partition coefficient (Wildman–Crippen LogP) is 1.16. The maximum Gasteiger partial charge on any atom is 0.0234 e. The fraction of sp³-hybridized carbons (Fsp3) is 0.750. The number of hydrogen-bond acceptors (Lipinski definition) is 2. The summed E-state index contributed by atoms with van der Waals surface area (Å²) < 4.78 is 0. The Hall–Kier alpha value is -0.0500. The number of nitrogens with zero attached hydrogens (tertiary/aromatic N) is 1. The molecule has 1 atom stereocenters. The lowest BCUT2D eigenvalue weighted by atomic mass is 10.0. The molecular formula is C8H15ClN2. The first-order valence-electron chi connectivity index (χ1n) is 3.98. The van der Waals surface area contributed by atoms with E-state index in [9.17, 15) is 0 Å². The van der Waals surface area contributed by atoms with Gasteiger partial charge >= 0.3 is 0 Å². The number of nitrogens with two attached hydrogens (primary N) is 1. The molecule has 1 fully saturated rings. The number of rotatable bonds is 3. The van der Waals surface area contributed by atoms with Crippen molar-refractivity contribution in [2.24, 2.45) is 5.73 Å². The summed E-state index contributed by atoms with van der Waals surface area (Å²) in [5, 5.41) is 0. The van der Waals surface area contributed by atoms with E-state index >= 15 is 0 Å². The van der Waals surface area contributed by atoms with Crippen molar-refractivity contribution >= 4 is 11.6 Å². The molecule has 1 aliphatic heterocycles. The molecule has 1 unspecified atom stereocenters. The monoisotopic (exact) mass is 174 g/mol. The zero-order chi connectivity index (χ0) is 8.27. The second-order valence-corrected chi connectivity index (χ2v) is 3.32. The summed E-state index contributed by atoms with van der Waals surface area (Å²) in [5.74, 6) is 0. The minimum absolute atomic E-state index is 0.599. The van der Waals surface area contributed by atoms with Crippen molar-refractivity contribution in [2.75, 3.05) is 19.6 Å². The quantitative estimate of drug-likeness (QED) is 0.696. The lowest BCUT2D eigenvalue weighted by Gasteiger charge is -2.40. The van der Waals surface area contributed by atoms with E-state index in [-0.39, 0.29) is 0 Å². The van der Waals surface area contributed by atoms with E-state index in [1.807, 2.05) is 6.92 Å². The SMILES string of the molecule is C/C(=C\Cl)CN1CCC1CN. The van der Waals surface area contributed by atoms with Crippen LogP contribution in [-0.4, -0.2) is 30.6 Å². The van der Waals surface area contributed by atoms with Gasteiger partial charge in [-0.3, -0.25) is 4.90 Å². The molecule has 64 valence electrons. The largest absolute Gasteiger partial charge is 0.329 e. The van der Waals surface area contributed by atoms with Crippen LogP contribution in [0.25, 0.3) is 0 Å². The fourth-order valence-corrected chi connectivity index (χ4v) is 1.39. The smallest absolute Gasteiger partial charge is 0.0234 e. The van der Waals surface area contributed by atoms with Crippen LogP contribution in [0.4, 0.5) is 0 Å². The molecule has 0 aromatic carbocycles. The van der Waals surface area contributed by atoms with Gasteiger partial charge in [0.05, 0.1) is 0 Å². The minimum atomic E-state index is 0.599. The molecule has 0 aromatic heterocycles. The van der Waals surface area contributed by atoms with E-state index in [1.54, 1.807) is 5.54 Å². The highest BCUT2D eigenvalue weighted by atomic mass is 35.5. The normalized spacial score (nSPS) is 26.8. The van der Waals surface area contributed by atoms with Crippen molar-refractivity contribution in [2.45, 2.75) is 19.4 Å². The van der Waals surface area contributed by atoms with Crippen LogP contribution in [0.15, 0.2) is 11.1 Å². The molecule has 2 nitrogen and oxygen atoms in total. The second kappa shape index (κ2) is 4.10. The van der Waals surface area contributed by atoms with Crippen LogP contribution >= 0.6 is 11.6 Å². The Bertz CT molecular complexity index is 154. The molecule has 1 heterocycles. The van der Waals surface area contributed by atoms with Gasteiger partial charge in [0.25, 0.3) is 0 Å². The molecule has 11 heavy (non-hydrogen) atoms. The Morgan fingerprint density at radius 3 is 2.91 bits per heavy atom. The van der Waals surface area contributed by atoms with Crippen molar-refractivity contribution in [3.8, 4) is 0 Å². The Labute approximate surface area is 73.0 Å². The third-order valence-corrected chi connectivity index (χ3v) is 2.55. The van der Waals surface area contributed by atoms with Crippen molar-refractivity contribution in [1.82, 2.24) is 4.90 Å². The van der Waals surface area contributed by atoms with Gasteiger partial charge in [-0.15, -0.1) is 0 Å². The molecule has 0 bridgehead atoms. The average Bonchev–Trinajstić information content (AvgIpc) is 1.98. The maximum absolute atomic E-state index is 5.55. The van der Waals surface area contributed by atoms with E-state index in [1.165, 1.54) is 18.5 Å². The van der Waals surface area contributed by atoms with Crippen molar-refractivity contribution in [3.63, 3.8) is 0 Å². The lowest BCUT2D eigenvalue weighted by Crippen LogP contribution is -2.52. The third-order valence-electron chi connectivity index (χ3n) is 2.18. The van der Waals surface area contributed by atoms with E-state index in [4.69, 9.17) is 17.3 Å². The summed E-state index contributed by atoms with van der Waals surface area (Å²) in [6.07, 6.45) is 1.24. The molecule has 0 spiro atoms. The Morgan fingerprint density at radius 2 is 2.55 bits per heavy atom. The summed E-state index contributed by atoms with van der Waals surface area (Å²) >= 11 is 5.55. The van der Waals surface area contributed by atoms with Gasteiger partial charge in [0.15, 0.2) is 0 Å². The molecule has 0 saturated carbocycles. The maximum atomic E-state index is 5.55. The van der Waals surface area contributed by atoms with Gasteiger partial charge in [-0.25, -0.2) is 0 Å². The van der Waals surface area contributed by atoms with Crippen molar-refractivity contribution in [3.05, 3.63) is 11.1 Å². The van der Waals surface area contributed by atoms with E-state index in [2.05, 4.69) is 4.90 Å². The van der Waals surface area contributed by atoms with Crippen LogP contribution in [-0.2, 0) is 0 Å². The molecule has 0 radical (unpaired) electrons. The van der Waals surface area contributed by atoms with Crippen LogP contribution in [0.5, 0.6) is 0 Å². The Morgan fingerprint density at radius 1 is 1.82 bits per heavy atom. The summed E-state index contributed by atoms with van der Waals surface area (Å²) in [5.41, 5.74) is 8.40. The number of likely N-dealkylation sites (tertiary alicyclic amines) is 1. The van der Waals surface area contributed by atoms with Crippen LogP contribution < -0.4 is 5.73 Å². The van der Waals surface area contributed by atoms with Crippen LogP contribution in [0, 0.1) is 0 Å². The molecule has 0 aliphatic carbocycles. The summed E-state index contributed by atoms with van der Waals surface area (Å²) in [4.78, 5) is 2.36. The molecular weight excluding hydrogens is 160 g/mol. The first kappa shape index (κ1) is 9.04. The van der Waals surface area contributed by atoms with Crippen molar-refractivity contribution < 1.29 is 0 Å². The Kier molecular flexibility index (Phi) is 3.37. The topological polar surface area (TPSA) is 29.3 Å². The summed E-state index contributed by atoms with van der Waals surface area (Å²) in [7, 11) is 0. The first-order chi connectivity index (χ1) is 5.27. The standard InChI is InChI=1S/C8H15ClN2/c1-7(4-9)6-11-3-2-8(11)5-10/h4,8H,2-3,5-6,10H2,1H3/b7-4+. The van der Waals surface area contributed by atoms with Gasteiger partial charge in [0.1, 0.15) is 0 Å².